The number of hydrogen-bond donors (Lipinski definition) is 2. The third-order valence-electron chi connectivity index (χ3n) is 6.80. The summed E-state index contributed by atoms with van der Waals surface area (Å²) < 4.78 is 1.21. The molecule has 190 valence electrons. The van der Waals surface area contributed by atoms with Crippen LogP contribution in [0.4, 0.5) is 11.5 Å². The fourth-order valence-corrected chi connectivity index (χ4v) is 5.44. The Hall–Kier alpha value is -3.78. The average molecular weight is 514 g/mol. The molecule has 7 nitrogen and oxygen atoms in total. The van der Waals surface area contributed by atoms with Gasteiger partial charge in [-0.15, -0.1) is 11.3 Å². The number of piperidine rings is 1. The highest BCUT2D eigenvalue weighted by Crippen LogP contribution is 2.32. The summed E-state index contributed by atoms with van der Waals surface area (Å²) in [6, 6.07) is 15.8. The fourth-order valence-electron chi connectivity index (χ4n) is 4.72. The van der Waals surface area contributed by atoms with Crippen molar-refractivity contribution in [3.05, 3.63) is 82.5 Å². The van der Waals surface area contributed by atoms with Gasteiger partial charge in [-0.3, -0.25) is 9.59 Å². The lowest BCUT2D eigenvalue weighted by Crippen LogP contribution is -2.38. The number of nitrogens with zero attached hydrogens (tertiary/aromatic N) is 3. The molecule has 1 saturated heterocycles. The molecular formula is C29H31N5O2S. The number of carbonyl (C=O) groups excluding carboxylic acids is 2. The molecule has 1 aliphatic heterocycles. The van der Waals surface area contributed by atoms with Crippen molar-refractivity contribution in [1.29, 1.82) is 0 Å². The predicted molar refractivity (Wildman–Crippen MR) is 150 cm³/mol. The Kier molecular flexibility index (Phi) is 7.19. The Morgan fingerprint density at radius 3 is 2.51 bits per heavy atom. The minimum Gasteiger partial charge on any atom is -0.368 e. The van der Waals surface area contributed by atoms with Crippen LogP contribution in [0.25, 0.3) is 10.2 Å². The summed E-state index contributed by atoms with van der Waals surface area (Å²) in [6.07, 6.45) is 3.42. The maximum Gasteiger partial charge on any atom is 0.257 e. The first kappa shape index (κ1) is 24.9. The Balaban J connectivity index is 1.23. The molecule has 0 radical (unpaired) electrons. The lowest BCUT2D eigenvalue weighted by atomic mass is 9.89. The van der Waals surface area contributed by atoms with E-state index >= 15 is 0 Å². The zero-order valence-electron chi connectivity index (χ0n) is 21.3. The van der Waals surface area contributed by atoms with E-state index in [0.717, 1.165) is 29.7 Å². The summed E-state index contributed by atoms with van der Waals surface area (Å²) >= 11 is 1.66. The van der Waals surface area contributed by atoms with Crippen LogP contribution in [-0.2, 0) is 0 Å². The highest BCUT2D eigenvalue weighted by Gasteiger charge is 2.25. The second kappa shape index (κ2) is 10.7. The fraction of sp³-hybridized carbons (Fsp3) is 0.310. The van der Waals surface area contributed by atoms with Crippen LogP contribution in [0, 0.1) is 6.92 Å². The number of fused-ring (bicyclic) bond motifs is 1. The minimum absolute atomic E-state index is 0.00219. The van der Waals surface area contributed by atoms with Crippen molar-refractivity contribution in [1.82, 2.24) is 14.9 Å². The second-order valence-electron chi connectivity index (χ2n) is 9.86. The molecule has 3 heterocycles. The third-order valence-corrected chi connectivity index (χ3v) is 7.60. The van der Waals surface area contributed by atoms with E-state index in [0.29, 0.717) is 35.8 Å². The van der Waals surface area contributed by atoms with Gasteiger partial charge in [-0.25, -0.2) is 9.97 Å². The van der Waals surface area contributed by atoms with Crippen LogP contribution in [0.2, 0.25) is 0 Å². The molecule has 2 N–H and O–H groups in total. The van der Waals surface area contributed by atoms with E-state index in [1.807, 2.05) is 43.3 Å². The van der Waals surface area contributed by atoms with E-state index in [1.165, 1.54) is 10.3 Å². The number of likely N-dealkylation sites (tertiary alicyclic amines) is 1. The molecule has 0 aliphatic carbocycles. The molecule has 4 aromatic rings. The molecule has 1 fully saturated rings. The van der Waals surface area contributed by atoms with Gasteiger partial charge >= 0.3 is 0 Å². The molecule has 1 aliphatic rings. The number of pyridine rings is 1. The van der Waals surface area contributed by atoms with Gasteiger partial charge in [0.2, 0.25) is 0 Å². The van der Waals surface area contributed by atoms with E-state index in [-0.39, 0.29) is 17.9 Å². The van der Waals surface area contributed by atoms with Gasteiger partial charge in [0.15, 0.2) is 0 Å². The van der Waals surface area contributed by atoms with Gasteiger partial charge in [0.1, 0.15) is 5.82 Å². The zero-order valence-corrected chi connectivity index (χ0v) is 22.1. The third kappa shape index (κ3) is 5.64. The smallest absolute Gasteiger partial charge is 0.257 e. The van der Waals surface area contributed by atoms with Crippen molar-refractivity contribution in [2.45, 2.75) is 45.6 Å². The first-order valence-corrected chi connectivity index (χ1v) is 13.5. The van der Waals surface area contributed by atoms with Gasteiger partial charge in [-0.05, 0) is 87.1 Å². The molecule has 0 spiro atoms. The van der Waals surface area contributed by atoms with Crippen molar-refractivity contribution in [2.24, 2.45) is 0 Å². The number of benzene rings is 2. The molecule has 0 unspecified atom stereocenters. The van der Waals surface area contributed by atoms with E-state index in [1.54, 1.807) is 35.7 Å². The van der Waals surface area contributed by atoms with E-state index in [9.17, 15) is 9.59 Å². The van der Waals surface area contributed by atoms with Crippen molar-refractivity contribution in [2.75, 3.05) is 23.7 Å². The molecule has 0 atom stereocenters. The van der Waals surface area contributed by atoms with Gasteiger partial charge in [-0.1, -0.05) is 12.1 Å². The highest BCUT2D eigenvalue weighted by atomic mass is 32.1. The first-order chi connectivity index (χ1) is 17.9. The molecule has 2 amide bonds. The SMILES string of the molecule is Cc1ccc(C(=O)N2CCC(c3ccc4ncsc4c3)CC2)cc1NC(=O)c1ccc(NC(C)C)nc1. The number of aryl methyl sites for hydroxylation is 1. The monoisotopic (exact) mass is 513 g/mol. The predicted octanol–water partition coefficient (Wildman–Crippen LogP) is 6.09. The second-order valence-corrected chi connectivity index (χ2v) is 10.7. The van der Waals surface area contributed by atoms with Crippen molar-refractivity contribution < 1.29 is 9.59 Å². The van der Waals surface area contributed by atoms with Crippen molar-refractivity contribution >= 4 is 44.9 Å². The van der Waals surface area contributed by atoms with Crippen LogP contribution in [0.15, 0.2) is 60.2 Å². The number of nitrogens with one attached hydrogen (secondary N) is 2. The number of hydrogen-bond acceptors (Lipinski definition) is 6. The number of aromatic nitrogens is 2. The lowest BCUT2D eigenvalue weighted by Gasteiger charge is -2.32. The van der Waals surface area contributed by atoms with Crippen LogP contribution in [0.3, 0.4) is 0 Å². The van der Waals surface area contributed by atoms with Crippen LogP contribution in [0.1, 0.15) is 64.4 Å². The highest BCUT2D eigenvalue weighted by molar-refractivity contribution is 7.16. The molecule has 0 bridgehead atoms. The van der Waals surface area contributed by atoms with Gasteiger partial charge in [-0.2, -0.15) is 0 Å². The molecule has 37 heavy (non-hydrogen) atoms. The Morgan fingerprint density at radius 1 is 1.00 bits per heavy atom. The van der Waals surface area contributed by atoms with E-state index in [2.05, 4.69) is 38.8 Å². The van der Waals surface area contributed by atoms with Crippen molar-refractivity contribution in [3.63, 3.8) is 0 Å². The molecule has 2 aromatic heterocycles. The topological polar surface area (TPSA) is 87.2 Å². The summed E-state index contributed by atoms with van der Waals surface area (Å²) in [4.78, 5) is 36.8. The molecular weight excluding hydrogens is 482 g/mol. The lowest BCUT2D eigenvalue weighted by molar-refractivity contribution is 0.0712. The van der Waals surface area contributed by atoms with Crippen LogP contribution < -0.4 is 10.6 Å². The largest absolute Gasteiger partial charge is 0.368 e. The molecule has 0 saturated carbocycles. The van der Waals surface area contributed by atoms with E-state index < -0.39 is 0 Å². The molecule has 8 heteroatoms. The Labute approximate surface area is 220 Å². The summed E-state index contributed by atoms with van der Waals surface area (Å²) in [5.41, 5.74) is 6.82. The average Bonchev–Trinajstić information content (AvgIpc) is 3.38. The number of thiazole rings is 1. The number of anilines is 2. The summed E-state index contributed by atoms with van der Waals surface area (Å²) in [7, 11) is 0. The van der Waals surface area contributed by atoms with E-state index in [4.69, 9.17) is 0 Å². The van der Waals surface area contributed by atoms with Crippen molar-refractivity contribution in [3.8, 4) is 0 Å². The maximum atomic E-state index is 13.3. The quantitative estimate of drug-likeness (QED) is 0.326. The van der Waals surface area contributed by atoms with Crippen LogP contribution >= 0.6 is 11.3 Å². The molecule has 2 aromatic carbocycles. The normalized spacial score (nSPS) is 14.2. The Bertz CT molecular complexity index is 1420. The minimum atomic E-state index is -0.255. The number of amides is 2. The Morgan fingerprint density at radius 2 is 1.78 bits per heavy atom. The summed E-state index contributed by atoms with van der Waals surface area (Å²) in [5.74, 6) is 0.912. The van der Waals surface area contributed by atoms with Gasteiger partial charge in [0.05, 0.1) is 21.3 Å². The van der Waals surface area contributed by atoms with Gasteiger partial charge in [0.25, 0.3) is 11.8 Å². The molecule has 5 rings (SSSR count). The maximum absolute atomic E-state index is 13.3. The summed E-state index contributed by atoms with van der Waals surface area (Å²) in [5, 5.41) is 6.16. The zero-order chi connectivity index (χ0) is 25.9. The number of rotatable bonds is 6. The number of carbonyl (C=O) groups is 2. The summed E-state index contributed by atoms with van der Waals surface area (Å²) in [6.45, 7) is 7.41. The standard InChI is InChI=1S/C29H31N5O2S/c1-18(2)32-27-9-7-23(16-30-27)28(35)33-25-14-22(5-4-19(25)3)29(36)34-12-10-20(11-13-34)21-6-8-24-26(15-21)37-17-31-24/h4-9,14-18,20H,10-13H2,1-3H3,(H,30,32)(H,33,35). The van der Waals surface area contributed by atoms with Gasteiger partial charge in [0, 0.05) is 36.6 Å². The van der Waals surface area contributed by atoms with Crippen LogP contribution in [-0.4, -0.2) is 45.8 Å². The first-order valence-electron chi connectivity index (χ1n) is 12.6. The van der Waals surface area contributed by atoms with Crippen LogP contribution in [0.5, 0.6) is 0 Å². The van der Waals surface area contributed by atoms with Gasteiger partial charge < -0.3 is 15.5 Å².